The normalized spacial score (nSPS) is 14.9. The summed E-state index contributed by atoms with van der Waals surface area (Å²) < 4.78 is 0. The van der Waals surface area contributed by atoms with E-state index in [-0.39, 0.29) is 0 Å². The molecule has 0 amide bonds. The lowest BCUT2D eigenvalue weighted by Gasteiger charge is -2.25. The molecular weight excluding hydrogens is 238 g/mol. The van der Waals surface area contributed by atoms with Gasteiger partial charge in [0.05, 0.1) is 12.2 Å². The van der Waals surface area contributed by atoms with Gasteiger partial charge in [-0.2, -0.15) is 0 Å². The van der Waals surface area contributed by atoms with Gasteiger partial charge < -0.3 is 10.2 Å². The minimum Gasteiger partial charge on any atom is -0.392 e. The minimum absolute atomic E-state index is 0.402. The van der Waals surface area contributed by atoms with Crippen LogP contribution in [0.25, 0.3) is 0 Å². The molecule has 2 N–H and O–H groups in total. The molecule has 0 bridgehead atoms. The zero-order valence-electron chi connectivity index (χ0n) is 10.3. The molecule has 1 rings (SSSR count). The summed E-state index contributed by atoms with van der Waals surface area (Å²) in [6, 6.07) is 7.61. The Morgan fingerprint density at radius 2 is 1.53 bits per heavy atom. The third-order valence-corrected chi connectivity index (χ3v) is 2.62. The lowest BCUT2D eigenvalue weighted by atomic mass is 10.2. The predicted molar refractivity (Wildman–Crippen MR) is 70.1 cm³/mol. The zero-order chi connectivity index (χ0) is 12.8. The highest BCUT2D eigenvalue weighted by Crippen LogP contribution is 2.12. The van der Waals surface area contributed by atoms with Gasteiger partial charge in [-0.05, 0) is 31.5 Å². The Bertz CT molecular complexity index is 315. The van der Waals surface area contributed by atoms with Gasteiger partial charge in [-0.25, -0.2) is 0 Å². The summed E-state index contributed by atoms with van der Waals surface area (Å²) >= 11 is 5.82. The van der Waals surface area contributed by atoms with Gasteiger partial charge in [0.15, 0.2) is 0 Å². The average Bonchev–Trinajstić information content (AvgIpc) is 2.19. The van der Waals surface area contributed by atoms with Crippen molar-refractivity contribution in [1.29, 1.82) is 0 Å². The van der Waals surface area contributed by atoms with Gasteiger partial charge >= 0.3 is 0 Å². The first kappa shape index (κ1) is 14.5. The molecule has 0 radical (unpaired) electrons. The van der Waals surface area contributed by atoms with E-state index in [0.717, 1.165) is 5.56 Å². The lowest BCUT2D eigenvalue weighted by Crippen LogP contribution is -2.35. The Kier molecular flexibility index (Phi) is 5.92. The van der Waals surface area contributed by atoms with Crippen LogP contribution in [0.15, 0.2) is 24.3 Å². The van der Waals surface area contributed by atoms with Crippen molar-refractivity contribution in [3.8, 4) is 0 Å². The van der Waals surface area contributed by atoms with Crippen molar-refractivity contribution in [2.24, 2.45) is 0 Å². The van der Waals surface area contributed by atoms with Crippen LogP contribution in [0.5, 0.6) is 0 Å². The lowest BCUT2D eigenvalue weighted by molar-refractivity contribution is 0.0794. The summed E-state index contributed by atoms with van der Waals surface area (Å²) in [6.07, 6.45) is -0.804. The fourth-order valence-corrected chi connectivity index (χ4v) is 1.92. The molecule has 0 saturated carbocycles. The van der Waals surface area contributed by atoms with E-state index in [9.17, 15) is 10.2 Å². The van der Waals surface area contributed by atoms with E-state index in [2.05, 4.69) is 0 Å². The van der Waals surface area contributed by atoms with E-state index in [1.165, 1.54) is 0 Å². The van der Waals surface area contributed by atoms with Crippen LogP contribution >= 0.6 is 11.6 Å². The largest absolute Gasteiger partial charge is 0.392 e. The first-order chi connectivity index (χ1) is 7.97. The van der Waals surface area contributed by atoms with E-state index in [1.807, 2.05) is 29.2 Å². The second-order valence-corrected chi connectivity index (χ2v) is 4.96. The van der Waals surface area contributed by atoms with Crippen LogP contribution < -0.4 is 0 Å². The van der Waals surface area contributed by atoms with E-state index in [1.54, 1.807) is 13.8 Å². The molecule has 0 aromatic heterocycles. The highest BCUT2D eigenvalue weighted by Gasteiger charge is 2.11. The maximum atomic E-state index is 9.41. The zero-order valence-corrected chi connectivity index (χ0v) is 11.1. The van der Waals surface area contributed by atoms with Crippen LogP contribution in [0.3, 0.4) is 0 Å². The summed E-state index contributed by atoms with van der Waals surface area (Å²) in [5.74, 6) is 0. The Morgan fingerprint density at radius 1 is 1.06 bits per heavy atom. The molecule has 0 heterocycles. The topological polar surface area (TPSA) is 43.7 Å². The van der Waals surface area contributed by atoms with Crippen molar-refractivity contribution in [2.75, 3.05) is 13.1 Å². The van der Waals surface area contributed by atoms with Gasteiger partial charge in [0.25, 0.3) is 0 Å². The van der Waals surface area contributed by atoms with Crippen molar-refractivity contribution in [1.82, 2.24) is 4.90 Å². The minimum atomic E-state index is -0.402. The van der Waals surface area contributed by atoms with E-state index >= 15 is 0 Å². The average molecular weight is 258 g/mol. The third-order valence-electron chi connectivity index (χ3n) is 2.36. The predicted octanol–water partition coefficient (Wildman–Crippen LogP) is 1.90. The molecule has 0 unspecified atom stereocenters. The van der Waals surface area contributed by atoms with E-state index in [0.29, 0.717) is 24.7 Å². The Balaban J connectivity index is 2.61. The molecule has 1 aromatic rings. The highest BCUT2D eigenvalue weighted by atomic mass is 35.5. The summed E-state index contributed by atoms with van der Waals surface area (Å²) in [4.78, 5) is 2.03. The molecule has 1 aromatic carbocycles. The maximum Gasteiger partial charge on any atom is 0.0639 e. The second-order valence-electron chi connectivity index (χ2n) is 4.52. The van der Waals surface area contributed by atoms with Gasteiger partial charge in [-0.1, -0.05) is 23.7 Å². The molecule has 96 valence electrons. The van der Waals surface area contributed by atoms with Crippen LogP contribution in [0.2, 0.25) is 5.02 Å². The summed E-state index contributed by atoms with van der Waals surface area (Å²) in [5.41, 5.74) is 1.12. The van der Waals surface area contributed by atoms with E-state index in [4.69, 9.17) is 11.6 Å². The SMILES string of the molecule is C[C@@H](O)CN(Cc1ccc(Cl)cc1)C[C@@H](C)O. The van der Waals surface area contributed by atoms with Crippen molar-refractivity contribution in [3.63, 3.8) is 0 Å². The van der Waals surface area contributed by atoms with Gasteiger partial charge in [-0.3, -0.25) is 4.90 Å². The van der Waals surface area contributed by atoms with Crippen molar-refractivity contribution in [2.45, 2.75) is 32.6 Å². The number of benzene rings is 1. The summed E-state index contributed by atoms with van der Waals surface area (Å²) in [5, 5.41) is 19.5. The van der Waals surface area contributed by atoms with Crippen LogP contribution in [-0.4, -0.2) is 40.4 Å². The summed E-state index contributed by atoms with van der Waals surface area (Å²) in [6.45, 7) is 5.29. The third kappa shape index (κ3) is 6.03. The molecule has 0 aliphatic rings. The molecule has 0 aliphatic carbocycles. The molecule has 0 fully saturated rings. The number of hydrogen-bond acceptors (Lipinski definition) is 3. The first-order valence-electron chi connectivity index (χ1n) is 5.80. The monoisotopic (exact) mass is 257 g/mol. The maximum absolute atomic E-state index is 9.41. The number of halogens is 1. The number of aliphatic hydroxyl groups excluding tert-OH is 2. The quantitative estimate of drug-likeness (QED) is 0.818. The fraction of sp³-hybridized carbons (Fsp3) is 0.538. The first-order valence-corrected chi connectivity index (χ1v) is 6.18. The Labute approximate surface area is 108 Å². The van der Waals surface area contributed by atoms with Crippen molar-refractivity contribution >= 4 is 11.6 Å². The summed E-state index contributed by atoms with van der Waals surface area (Å²) in [7, 11) is 0. The molecule has 4 heteroatoms. The standard InChI is InChI=1S/C13H20ClNO2/c1-10(16)7-15(8-11(2)17)9-12-3-5-13(14)6-4-12/h3-6,10-11,16-17H,7-9H2,1-2H3/t10-,11-/m1/s1. The van der Waals surface area contributed by atoms with Crippen LogP contribution in [0, 0.1) is 0 Å². The highest BCUT2D eigenvalue weighted by molar-refractivity contribution is 6.30. The number of aliphatic hydroxyl groups is 2. The number of nitrogens with zero attached hydrogens (tertiary/aromatic N) is 1. The molecule has 0 saturated heterocycles. The Morgan fingerprint density at radius 3 is 1.94 bits per heavy atom. The van der Waals surface area contributed by atoms with Gasteiger partial charge in [0.1, 0.15) is 0 Å². The molecular formula is C13H20ClNO2. The smallest absolute Gasteiger partial charge is 0.0639 e. The van der Waals surface area contributed by atoms with Gasteiger partial charge in [0.2, 0.25) is 0 Å². The van der Waals surface area contributed by atoms with Crippen molar-refractivity contribution in [3.05, 3.63) is 34.9 Å². The van der Waals surface area contributed by atoms with Crippen molar-refractivity contribution < 1.29 is 10.2 Å². The molecule has 0 spiro atoms. The molecule has 2 atom stereocenters. The molecule has 0 aliphatic heterocycles. The molecule has 17 heavy (non-hydrogen) atoms. The molecule has 3 nitrogen and oxygen atoms in total. The van der Waals surface area contributed by atoms with E-state index < -0.39 is 12.2 Å². The van der Waals surface area contributed by atoms with Gasteiger partial charge in [-0.15, -0.1) is 0 Å². The second kappa shape index (κ2) is 6.97. The van der Waals surface area contributed by atoms with Crippen LogP contribution in [0.1, 0.15) is 19.4 Å². The van der Waals surface area contributed by atoms with Crippen LogP contribution in [-0.2, 0) is 6.54 Å². The van der Waals surface area contributed by atoms with Gasteiger partial charge in [0, 0.05) is 24.7 Å². The Hall–Kier alpha value is -0.610. The number of rotatable bonds is 6. The fourth-order valence-electron chi connectivity index (χ4n) is 1.80. The number of hydrogen-bond donors (Lipinski definition) is 2. The van der Waals surface area contributed by atoms with Crippen LogP contribution in [0.4, 0.5) is 0 Å².